The van der Waals surface area contributed by atoms with Gasteiger partial charge in [0, 0.05) is 5.41 Å². The Morgan fingerprint density at radius 3 is 2.22 bits per heavy atom. The SMILES string of the molecule is CCC1(C(N)=O)CCC1. The van der Waals surface area contributed by atoms with Crippen LogP contribution < -0.4 is 5.73 Å². The molecular formula is C7H13NO. The van der Waals surface area contributed by atoms with Gasteiger partial charge < -0.3 is 5.73 Å². The molecule has 0 saturated heterocycles. The molecule has 0 spiro atoms. The van der Waals surface area contributed by atoms with Crippen LogP contribution in [0.5, 0.6) is 0 Å². The quantitative estimate of drug-likeness (QED) is 0.592. The summed E-state index contributed by atoms with van der Waals surface area (Å²) >= 11 is 0. The molecule has 0 aromatic heterocycles. The van der Waals surface area contributed by atoms with Crippen LogP contribution >= 0.6 is 0 Å². The number of primary amides is 1. The van der Waals surface area contributed by atoms with Crippen LogP contribution in [0, 0.1) is 5.41 Å². The average molecular weight is 127 g/mol. The first-order valence-electron chi connectivity index (χ1n) is 3.51. The molecule has 0 aromatic rings. The van der Waals surface area contributed by atoms with Gasteiger partial charge in [0.05, 0.1) is 0 Å². The molecule has 0 bridgehead atoms. The van der Waals surface area contributed by atoms with Gasteiger partial charge >= 0.3 is 0 Å². The lowest BCUT2D eigenvalue weighted by molar-refractivity contribution is -0.132. The van der Waals surface area contributed by atoms with Crippen molar-refractivity contribution in [2.75, 3.05) is 0 Å². The van der Waals surface area contributed by atoms with E-state index in [0.717, 1.165) is 19.3 Å². The molecule has 0 heterocycles. The van der Waals surface area contributed by atoms with Crippen molar-refractivity contribution in [3.8, 4) is 0 Å². The molecule has 1 aliphatic carbocycles. The molecule has 1 amide bonds. The lowest BCUT2D eigenvalue weighted by Gasteiger charge is -2.37. The number of amides is 1. The zero-order valence-corrected chi connectivity index (χ0v) is 5.81. The van der Waals surface area contributed by atoms with Crippen molar-refractivity contribution >= 4 is 5.91 Å². The Hall–Kier alpha value is -0.530. The predicted octanol–water partition coefficient (Wildman–Crippen LogP) is 1.05. The molecule has 0 unspecified atom stereocenters. The van der Waals surface area contributed by atoms with Gasteiger partial charge in [0.15, 0.2) is 0 Å². The van der Waals surface area contributed by atoms with E-state index in [4.69, 9.17) is 5.73 Å². The fraction of sp³-hybridized carbons (Fsp3) is 0.857. The summed E-state index contributed by atoms with van der Waals surface area (Å²) in [6.45, 7) is 2.03. The van der Waals surface area contributed by atoms with Crippen LogP contribution in [-0.4, -0.2) is 5.91 Å². The predicted molar refractivity (Wildman–Crippen MR) is 35.8 cm³/mol. The molecular weight excluding hydrogens is 114 g/mol. The summed E-state index contributed by atoms with van der Waals surface area (Å²) in [5.74, 6) is -0.101. The molecule has 1 saturated carbocycles. The van der Waals surface area contributed by atoms with Crippen LogP contribution in [0.1, 0.15) is 32.6 Å². The summed E-state index contributed by atoms with van der Waals surface area (Å²) in [5, 5.41) is 0. The maximum atomic E-state index is 10.8. The second kappa shape index (κ2) is 2.01. The number of nitrogens with two attached hydrogens (primary N) is 1. The smallest absolute Gasteiger partial charge is 0.223 e. The van der Waals surface area contributed by atoms with E-state index in [0.29, 0.717) is 0 Å². The summed E-state index contributed by atoms with van der Waals surface area (Å²) in [7, 11) is 0. The highest BCUT2D eigenvalue weighted by Crippen LogP contribution is 2.43. The number of carbonyl (C=O) groups excluding carboxylic acids is 1. The summed E-state index contributed by atoms with van der Waals surface area (Å²) < 4.78 is 0. The minimum absolute atomic E-state index is 0.0972. The van der Waals surface area contributed by atoms with E-state index in [2.05, 4.69) is 0 Å². The standard InChI is InChI=1S/C7H13NO/c1-2-7(6(8)9)4-3-5-7/h2-5H2,1H3,(H2,8,9). The second-order valence-electron chi connectivity index (χ2n) is 2.85. The highest BCUT2D eigenvalue weighted by atomic mass is 16.1. The normalized spacial score (nSPS) is 22.8. The number of hydrogen-bond acceptors (Lipinski definition) is 1. The Morgan fingerprint density at radius 2 is 2.22 bits per heavy atom. The molecule has 2 heteroatoms. The van der Waals surface area contributed by atoms with E-state index < -0.39 is 0 Å². The molecule has 0 atom stereocenters. The minimum Gasteiger partial charge on any atom is -0.369 e. The van der Waals surface area contributed by atoms with Crippen LogP contribution in [0.15, 0.2) is 0 Å². The van der Waals surface area contributed by atoms with Crippen molar-refractivity contribution in [2.24, 2.45) is 11.1 Å². The zero-order valence-electron chi connectivity index (χ0n) is 5.81. The molecule has 52 valence electrons. The van der Waals surface area contributed by atoms with Gasteiger partial charge in [-0.05, 0) is 19.3 Å². The van der Waals surface area contributed by atoms with Crippen LogP contribution in [-0.2, 0) is 4.79 Å². The third kappa shape index (κ3) is 0.824. The Morgan fingerprint density at radius 1 is 1.67 bits per heavy atom. The van der Waals surface area contributed by atoms with Crippen LogP contribution in [0.25, 0.3) is 0 Å². The summed E-state index contributed by atoms with van der Waals surface area (Å²) in [4.78, 5) is 10.8. The third-order valence-corrected chi connectivity index (χ3v) is 2.51. The minimum atomic E-state index is -0.101. The highest BCUT2D eigenvalue weighted by molar-refractivity contribution is 5.81. The average Bonchev–Trinajstić information content (AvgIpc) is 1.62. The molecule has 2 N–H and O–H groups in total. The second-order valence-corrected chi connectivity index (χ2v) is 2.85. The van der Waals surface area contributed by atoms with E-state index in [1.165, 1.54) is 6.42 Å². The zero-order chi connectivity index (χ0) is 6.91. The van der Waals surface area contributed by atoms with Gasteiger partial charge in [-0.3, -0.25) is 4.79 Å². The Bertz CT molecular complexity index is 121. The van der Waals surface area contributed by atoms with Crippen molar-refractivity contribution in [2.45, 2.75) is 32.6 Å². The van der Waals surface area contributed by atoms with Gasteiger partial charge in [-0.25, -0.2) is 0 Å². The Balaban J connectivity index is 2.57. The molecule has 1 fully saturated rings. The lowest BCUT2D eigenvalue weighted by atomic mass is 9.66. The number of rotatable bonds is 2. The van der Waals surface area contributed by atoms with Crippen molar-refractivity contribution in [3.63, 3.8) is 0 Å². The maximum Gasteiger partial charge on any atom is 0.223 e. The molecule has 0 aliphatic heterocycles. The van der Waals surface area contributed by atoms with Gasteiger partial charge in [-0.2, -0.15) is 0 Å². The number of hydrogen-bond donors (Lipinski definition) is 1. The van der Waals surface area contributed by atoms with E-state index >= 15 is 0 Å². The van der Waals surface area contributed by atoms with E-state index in [9.17, 15) is 4.79 Å². The van der Waals surface area contributed by atoms with Crippen molar-refractivity contribution < 1.29 is 4.79 Å². The molecule has 2 nitrogen and oxygen atoms in total. The van der Waals surface area contributed by atoms with Gasteiger partial charge in [0.2, 0.25) is 5.91 Å². The highest BCUT2D eigenvalue weighted by Gasteiger charge is 2.40. The summed E-state index contributed by atoms with van der Waals surface area (Å²) in [6, 6.07) is 0. The first-order valence-corrected chi connectivity index (χ1v) is 3.51. The van der Waals surface area contributed by atoms with Gasteiger partial charge in [-0.15, -0.1) is 0 Å². The molecule has 9 heavy (non-hydrogen) atoms. The molecule has 0 radical (unpaired) electrons. The third-order valence-electron chi connectivity index (χ3n) is 2.51. The summed E-state index contributed by atoms with van der Waals surface area (Å²) in [5.41, 5.74) is 5.11. The van der Waals surface area contributed by atoms with Crippen molar-refractivity contribution in [1.82, 2.24) is 0 Å². The van der Waals surface area contributed by atoms with Crippen LogP contribution in [0.2, 0.25) is 0 Å². The fourth-order valence-electron chi connectivity index (χ4n) is 1.38. The number of carbonyl (C=O) groups is 1. The van der Waals surface area contributed by atoms with Gasteiger partial charge in [-0.1, -0.05) is 13.3 Å². The topological polar surface area (TPSA) is 43.1 Å². The van der Waals surface area contributed by atoms with E-state index in [-0.39, 0.29) is 11.3 Å². The Kier molecular flexibility index (Phi) is 1.47. The molecule has 1 rings (SSSR count). The largest absolute Gasteiger partial charge is 0.369 e. The first kappa shape index (κ1) is 6.59. The van der Waals surface area contributed by atoms with Crippen molar-refractivity contribution in [1.29, 1.82) is 0 Å². The van der Waals surface area contributed by atoms with E-state index in [1.807, 2.05) is 6.92 Å². The first-order chi connectivity index (χ1) is 4.21. The van der Waals surface area contributed by atoms with Gasteiger partial charge in [0.25, 0.3) is 0 Å². The molecule has 0 aromatic carbocycles. The summed E-state index contributed by atoms with van der Waals surface area (Å²) in [6.07, 6.45) is 4.12. The monoisotopic (exact) mass is 127 g/mol. The van der Waals surface area contributed by atoms with Gasteiger partial charge in [0.1, 0.15) is 0 Å². The van der Waals surface area contributed by atoms with Crippen molar-refractivity contribution in [3.05, 3.63) is 0 Å². The lowest BCUT2D eigenvalue weighted by Crippen LogP contribution is -2.42. The molecule has 1 aliphatic rings. The maximum absolute atomic E-state index is 10.8. The van der Waals surface area contributed by atoms with Crippen LogP contribution in [0.4, 0.5) is 0 Å². The van der Waals surface area contributed by atoms with Crippen LogP contribution in [0.3, 0.4) is 0 Å². The van der Waals surface area contributed by atoms with E-state index in [1.54, 1.807) is 0 Å². The fourth-order valence-corrected chi connectivity index (χ4v) is 1.38. The Labute approximate surface area is 55.4 Å².